The first-order valence-electron chi connectivity index (χ1n) is 4.47. The lowest BCUT2D eigenvalue weighted by molar-refractivity contribution is -0.131. The standard InChI is InChI=1S/C12H11NO2/c1-8-5-10(7-13)6-11(9(8)2)3-4-12(14)15/h3-6H,1-2H3,(H,14,15)/b4-3+. The van der Waals surface area contributed by atoms with E-state index in [9.17, 15) is 4.79 Å². The van der Waals surface area contributed by atoms with E-state index in [2.05, 4.69) is 0 Å². The molecule has 0 saturated carbocycles. The third kappa shape index (κ3) is 2.68. The number of benzene rings is 1. The molecule has 0 spiro atoms. The van der Waals surface area contributed by atoms with Crippen LogP contribution >= 0.6 is 0 Å². The van der Waals surface area contributed by atoms with Crippen LogP contribution in [0.15, 0.2) is 18.2 Å². The van der Waals surface area contributed by atoms with Crippen molar-refractivity contribution in [2.24, 2.45) is 0 Å². The number of carbonyl (C=O) groups is 1. The largest absolute Gasteiger partial charge is 0.478 e. The normalized spacial score (nSPS) is 10.2. The van der Waals surface area contributed by atoms with Gasteiger partial charge >= 0.3 is 5.97 Å². The first kappa shape index (κ1) is 11.0. The van der Waals surface area contributed by atoms with Crippen LogP contribution in [0, 0.1) is 25.2 Å². The van der Waals surface area contributed by atoms with Gasteiger partial charge in [-0.25, -0.2) is 4.79 Å². The Bertz CT molecular complexity index is 467. The molecule has 0 amide bonds. The van der Waals surface area contributed by atoms with Gasteiger partial charge < -0.3 is 5.11 Å². The van der Waals surface area contributed by atoms with Crippen LogP contribution in [0.5, 0.6) is 0 Å². The van der Waals surface area contributed by atoms with Gasteiger partial charge in [-0.3, -0.25) is 0 Å². The van der Waals surface area contributed by atoms with E-state index in [0.29, 0.717) is 5.56 Å². The molecule has 0 aliphatic carbocycles. The van der Waals surface area contributed by atoms with Gasteiger partial charge in [-0.15, -0.1) is 0 Å². The van der Waals surface area contributed by atoms with Gasteiger partial charge in [0.05, 0.1) is 11.6 Å². The van der Waals surface area contributed by atoms with Crippen molar-refractivity contribution in [3.63, 3.8) is 0 Å². The maximum Gasteiger partial charge on any atom is 0.328 e. The Morgan fingerprint density at radius 1 is 1.47 bits per heavy atom. The van der Waals surface area contributed by atoms with Crippen molar-refractivity contribution in [2.75, 3.05) is 0 Å². The molecule has 1 aromatic rings. The summed E-state index contributed by atoms with van der Waals surface area (Å²) in [7, 11) is 0. The smallest absolute Gasteiger partial charge is 0.328 e. The van der Waals surface area contributed by atoms with Crippen molar-refractivity contribution in [3.05, 3.63) is 40.5 Å². The second-order valence-corrected chi connectivity index (χ2v) is 3.29. The number of nitrogens with zero attached hydrogens (tertiary/aromatic N) is 1. The van der Waals surface area contributed by atoms with Crippen LogP contribution in [0.2, 0.25) is 0 Å². The monoisotopic (exact) mass is 201 g/mol. The summed E-state index contributed by atoms with van der Waals surface area (Å²) in [6, 6.07) is 5.51. The summed E-state index contributed by atoms with van der Waals surface area (Å²) in [5.74, 6) is -0.991. The van der Waals surface area contributed by atoms with Gasteiger partial charge in [-0.1, -0.05) is 0 Å². The molecule has 15 heavy (non-hydrogen) atoms. The highest BCUT2D eigenvalue weighted by atomic mass is 16.4. The molecule has 1 rings (SSSR count). The van der Waals surface area contributed by atoms with Crippen molar-refractivity contribution in [1.82, 2.24) is 0 Å². The van der Waals surface area contributed by atoms with Gasteiger partial charge in [-0.2, -0.15) is 5.26 Å². The number of nitriles is 1. The molecule has 1 aromatic carbocycles. The Morgan fingerprint density at radius 3 is 2.67 bits per heavy atom. The molecular formula is C12H11NO2. The van der Waals surface area contributed by atoms with E-state index in [1.54, 1.807) is 12.1 Å². The maximum atomic E-state index is 10.4. The molecule has 0 aliphatic heterocycles. The van der Waals surface area contributed by atoms with Crippen molar-refractivity contribution >= 4 is 12.0 Å². The molecule has 0 fully saturated rings. The Morgan fingerprint density at radius 2 is 2.13 bits per heavy atom. The van der Waals surface area contributed by atoms with Crippen LogP contribution < -0.4 is 0 Å². The predicted octanol–water partition coefficient (Wildman–Crippen LogP) is 2.27. The summed E-state index contributed by atoms with van der Waals surface area (Å²) in [6.07, 6.45) is 2.58. The second kappa shape index (κ2) is 4.43. The van der Waals surface area contributed by atoms with E-state index in [1.807, 2.05) is 19.9 Å². The zero-order valence-corrected chi connectivity index (χ0v) is 8.61. The molecule has 0 bridgehead atoms. The zero-order valence-electron chi connectivity index (χ0n) is 8.61. The van der Waals surface area contributed by atoms with Crippen molar-refractivity contribution in [1.29, 1.82) is 5.26 Å². The van der Waals surface area contributed by atoms with Crippen LogP contribution in [0.25, 0.3) is 6.08 Å². The van der Waals surface area contributed by atoms with E-state index in [-0.39, 0.29) is 0 Å². The highest BCUT2D eigenvalue weighted by Gasteiger charge is 2.02. The van der Waals surface area contributed by atoms with Crippen LogP contribution in [0.3, 0.4) is 0 Å². The summed E-state index contributed by atoms with van der Waals surface area (Å²) >= 11 is 0. The van der Waals surface area contributed by atoms with E-state index < -0.39 is 5.97 Å². The average molecular weight is 201 g/mol. The molecule has 0 aromatic heterocycles. The van der Waals surface area contributed by atoms with Gasteiger partial charge in [0.25, 0.3) is 0 Å². The summed E-state index contributed by atoms with van der Waals surface area (Å²) in [5, 5.41) is 17.3. The number of hydrogen-bond acceptors (Lipinski definition) is 2. The van der Waals surface area contributed by atoms with Crippen LogP contribution in [0.4, 0.5) is 0 Å². The predicted molar refractivity (Wildman–Crippen MR) is 57.3 cm³/mol. The minimum Gasteiger partial charge on any atom is -0.478 e. The van der Waals surface area contributed by atoms with E-state index >= 15 is 0 Å². The van der Waals surface area contributed by atoms with Crippen molar-refractivity contribution < 1.29 is 9.90 Å². The highest BCUT2D eigenvalue weighted by molar-refractivity contribution is 5.85. The van der Waals surface area contributed by atoms with Crippen molar-refractivity contribution in [2.45, 2.75) is 13.8 Å². The average Bonchev–Trinajstić information content (AvgIpc) is 2.19. The quantitative estimate of drug-likeness (QED) is 0.746. The topological polar surface area (TPSA) is 61.1 Å². The number of aryl methyl sites for hydroxylation is 1. The Labute approximate surface area is 88.3 Å². The van der Waals surface area contributed by atoms with E-state index in [1.165, 1.54) is 6.08 Å². The fourth-order valence-corrected chi connectivity index (χ4v) is 1.29. The first-order chi connectivity index (χ1) is 7.04. The van der Waals surface area contributed by atoms with Crippen LogP contribution in [-0.2, 0) is 4.79 Å². The molecule has 3 nitrogen and oxygen atoms in total. The minimum absolute atomic E-state index is 0.545. The lowest BCUT2D eigenvalue weighted by atomic mass is 10.00. The van der Waals surface area contributed by atoms with Crippen LogP contribution in [0.1, 0.15) is 22.3 Å². The fourth-order valence-electron chi connectivity index (χ4n) is 1.29. The van der Waals surface area contributed by atoms with Gasteiger partial charge in [0.2, 0.25) is 0 Å². The molecular weight excluding hydrogens is 190 g/mol. The highest BCUT2D eigenvalue weighted by Crippen LogP contribution is 2.17. The Kier molecular flexibility index (Phi) is 3.25. The molecule has 0 saturated heterocycles. The van der Waals surface area contributed by atoms with Gasteiger partial charge in [0.1, 0.15) is 0 Å². The third-order valence-electron chi connectivity index (χ3n) is 2.24. The first-order valence-corrected chi connectivity index (χ1v) is 4.47. The summed E-state index contributed by atoms with van der Waals surface area (Å²) < 4.78 is 0. The third-order valence-corrected chi connectivity index (χ3v) is 2.24. The van der Waals surface area contributed by atoms with Crippen molar-refractivity contribution in [3.8, 4) is 6.07 Å². The minimum atomic E-state index is -0.991. The molecule has 0 aliphatic rings. The zero-order chi connectivity index (χ0) is 11.4. The van der Waals surface area contributed by atoms with Gasteiger partial charge in [0.15, 0.2) is 0 Å². The maximum absolute atomic E-state index is 10.4. The molecule has 1 N–H and O–H groups in total. The molecule has 0 radical (unpaired) electrons. The Hall–Kier alpha value is -2.08. The summed E-state index contributed by atoms with van der Waals surface area (Å²) in [6.45, 7) is 3.80. The number of carboxylic acid groups (broad SMARTS) is 1. The molecule has 0 heterocycles. The van der Waals surface area contributed by atoms with Gasteiger partial charge in [0, 0.05) is 6.08 Å². The van der Waals surface area contributed by atoms with Crippen LogP contribution in [-0.4, -0.2) is 11.1 Å². The SMILES string of the molecule is Cc1cc(C#N)cc(/C=C/C(=O)O)c1C. The molecule has 3 heteroatoms. The lowest BCUT2D eigenvalue weighted by Gasteiger charge is -2.04. The van der Waals surface area contributed by atoms with E-state index in [4.69, 9.17) is 10.4 Å². The lowest BCUT2D eigenvalue weighted by Crippen LogP contribution is -1.91. The molecule has 76 valence electrons. The fraction of sp³-hybridized carbons (Fsp3) is 0.167. The number of aliphatic carboxylic acids is 1. The molecule has 0 unspecified atom stereocenters. The molecule has 0 atom stereocenters. The van der Waals surface area contributed by atoms with E-state index in [0.717, 1.165) is 22.8 Å². The number of hydrogen-bond donors (Lipinski definition) is 1. The second-order valence-electron chi connectivity index (χ2n) is 3.29. The summed E-state index contributed by atoms with van der Waals surface area (Å²) in [4.78, 5) is 10.4. The Balaban J connectivity index is 3.23. The summed E-state index contributed by atoms with van der Waals surface area (Å²) in [5.41, 5.74) is 3.29. The number of carboxylic acids is 1. The number of rotatable bonds is 2. The van der Waals surface area contributed by atoms with Gasteiger partial charge in [-0.05, 0) is 48.7 Å².